The lowest BCUT2D eigenvalue weighted by molar-refractivity contribution is 0.0932. The van der Waals surface area contributed by atoms with Crippen molar-refractivity contribution in [3.05, 3.63) is 70.5 Å². The van der Waals surface area contributed by atoms with E-state index in [9.17, 15) is 4.79 Å². The topological polar surface area (TPSA) is 72.3 Å². The van der Waals surface area contributed by atoms with Gasteiger partial charge in [0.25, 0.3) is 5.91 Å². The van der Waals surface area contributed by atoms with E-state index in [0.29, 0.717) is 17.9 Å². The Labute approximate surface area is 189 Å². The van der Waals surface area contributed by atoms with Gasteiger partial charge in [-0.3, -0.25) is 9.69 Å². The van der Waals surface area contributed by atoms with Gasteiger partial charge in [0.15, 0.2) is 5.69 Å². The first-order valence-corrected chi connectivity index (χ1v) is 11.1. The number of amides is 1. The molecule has 1 atom stereocenters. The number of aryl methyl sites for hydroxylation is 3. The van der Waals surface area contributed by atoms with Crippen LogP contribution in [0.15, 0.2) is 42.5 Å². The van der Waals surface area contributed by atoms with E-state index in [1.165, 1.54) is 18.4 Å². The number of benzene rings is 2. The lowest BCUT2D eigenvalue weighted by Gasteiger charge is -2.28. The highest BCUT2D eigenvalue weighted by Gasteiger charge is 2.25. The average molecular weight is 434 g/mol. The smallest absolute Gasteiger partial charge is 0.273 e. The van der Waals surface area contributed by atoms with Crippen molar-refractivity contribution in [3.63, 3.8) is 0 Å². The Morgan fingerprint density at radius 3 is 2.59 bits per heavy atom. The molecule has 1 unspecified atom stereocenters. The summed E-state index contributed by atoms with van der Waals surface area (Å²) in [5.74, 6) is 0.621. The van der Waals surface area contributed by atoms with Crippen molar-refractivity contribution in [2.75, 3.05) is 26.7 Å². The Hall–Kier alpha value is -3.19. The number of hydrogen-bond donors (Lipinski definition) is 1. The zero-order valence-electron chi connectivity index (χ0n) is 19.3. The van der Waals surface area contributed by atoms with Gasteiger partial charge in [-0.2, -0.15) is 9.90 Å². The zero-order chi connectivity index (χ0) is 22.7. The van der Waals surface area contributed by atoms with Crippen LogP contribution in [0, 0.1) is 20.8 Å². The van der Waals surface area contributed by atoms with Gasteiger partial charge in [0.2, 0.25) is 0 Å². The fraction of sp³-hybridized carbons (Fsp3) is 0.400. The minimum Gasteiger partial charge on any atom is -0.497 e. The van der Waals surface area contributed by atoms with Crippen LogP contribution in [0.5, 0.6) is 5.75 Å². The number of nitrogens with one attached hydrogen (secondary N) is 1. The van der Waals surface area contributed by atoms with Gasteiger partial charge in [0, 0.05) is 6.54 Å². The van der Waals surface area contributed by atoms with Gasteiger partial charge in [0.05, 0.1) is 24.5 Å². The second-order valence-corrected chi connectivity index (χ2v) is 8.46. The molecule has 0 aliphatic carbocycles. The number of ether oxygens (including phenoxy) is 1. The SMILES string of the molecule is COc1cccc(C(CNC(=O)c2nn(-c3ccc(C)cc3C)nc2C)N2CCCC2)c1. The van der Waals surface area contributed by atoms with Gasteiger partial charge in [-0.05, 0) is 76.0 Å². The van der Waals surface area contributed by atoms with Crippen LogP contribution in [0.4, 0.5) is 0 Å². The van der Waals surface area contributed by atoms with Crippen LogP contribution in [-0.2, 0) is 0 Å². The Kier molecular flexibility index (Phi) is 6.55. The van der Waals surface area contributed by atoms with Crippen molar-refractivity contribution >= 4 is 5.91 Å². The van der Waals surface area contributed by atoms with E-state index in [0.717, 1.165) is 35.7 Å². The molecule has 1 aromatic heterocycles. The highest BCUT2D eigenvalue weighted by molar-refractivity contribution is 5.93. The predicted octanol–water partition coefficient (Wildman–Crippen LogP) is 3.77. The molecule has 2 aromatic carbocycles. The predicted molar refractivity (Wildman–Crippen MR) is 124 cm³/mol. The molecule has 0 bridgehead atoms. The number of likely N-dealkylation sites (tertiary alicyclic amines) is 1. The van der Waals surface area contributed by atoms with Crippen LogP contribution in [0.2, 0.25) is 0 Å². The van der Waals surface area contributed by atoms with Gasteiger partial charge in [-0.25, -0.2) is 0 Å². The summed E-state index contributed by atoms with van der Waals surface area (Å²) in [6.07, 6.45) is 2.36. The van der Waals surface area contributed by atoms with Gasteiger partial charge < -0.3 is 10.1 Å². The first-order valence-electron chi connectivity index (χ1n) is 11.1. The molecular weight excluding hydrogens is 402 g/mol. The van der Waals surface area contributed by atoms with Crippen molar-refractivity contribution in [3.8, 4) is 11.4 Å². The summed E-state index contributed by atoms with van der Waals surface area (Å²) < 4.78 is 5.41. The first kappa shape index (κ1) is 22.0. The normalized spacial score (nSPS) is 15.0. The van der Waals surface area contributed by atoms with E-state index < -0.39 is 0 Å². The molecule has 1 saturated heterocycles. The van der Waals surface area contributed by atoms with E-state index in [2.05, 4.69) is 45.5 Å². The zero-order valence-corrected chi connectivity index (χ0v) is 19.3. The maximum Gasteiger partial charge on any atom is 0.273 e. The number of aromatic nitrogens is 3. The molecule has 1 fully saturated rings. The fourth-order valence-electron chi connectivity index (χ4n) is 4.36. The Balaban J connectivity index is 1.52. The maximum absolute atomic E-state index is 13.1. The monoisotopic (exact) mass is 433 g/mol. The number of carbonyl (C=O) groups is 1. The Bertz CT molecular complexity index is 1100. The second-order valence-electron chi connectivity index (χ2n) is 8.46. The molecule has 3 aromatic rings. The van der Waals surface area contributed by atoms with Crippen LogP contribution in [0.3, 0.4) is 0 Å². The van der Waals surface area contributed by atoms with E-state index >= 15 is 0 Å². The summed E-state index contributed by atoms with van der Waals surface area (Å²) in [5, 5.41) is 12.1. The lowest BCUT2D eigenvalue weighted by Crippen LogP contribution is -2.37. The molecule has 4 rings (SSSR count). The number of nitrogens with zero attached hydrogens (tertiary/aromatic N) is 4. The standard InChI is InChI=1S/C25H31N5O2/c1-17-10-11-22(18(2)14-17)30-27-19(3)24(28-30)25(31)26-16-23(29-12-5-6-13-29)20-8-7-9-21(15-20)32-4/h7-11,14-15,23H,5-6,12-13,16H2,1-4H3,(H,26,31). The highest BCUT2D eigenvalue weighted by atomic mass is 16.5. The third-order valence-corrected chi connectivity index (χ3v) is 6.08. The number of hydrogen-bond acceptors (Lipinski definition) is 5. The molecule has 2 heterocycles. The third-order valence-electron chi connectivity index (χ3n) is 6.08. The van der Waals surface area contributed by atoms with Crippen LogP contribution >= 0.6 is 0 Å². The molecule has 1 amide bonds. The molecule has 1 N–H and O–H groups in total. The third kappa shape index (κ3) is 4.67. The van der Waals surface area contributed by atoms with Gasteiger partial charge in [-0.1, -0.05) is 29.8 Å². The van der Waals surface area contributed by atoms with Crippen LogP contribution in [-0.4, -0.2) is 52.5 Å². The van der Waals surface area contributed by atoms with Crippen LogP contribution in [0.25, 0.3) is 5.69 Å². The Morgan fingerprint density at radius 1 is 1.09 bits per heavy atom. The highest BCUT2D eigenvalue weighted by Crippen LogP contribution is 2.27. The number of methoxy groups -OCH3 is 1. The maximum atomic E-state index is 13.1. The van der Waals surface area contributed by atoms with Crippen molar-refractivity contribution in [1.82, 2.24) is 25.2 Å². The molecule has 1 aliphatic rings. The molecule has 0 spiro atoms. The van der Waals surface area contributed by atoms with E-state index in [1.54, 1.807) is 11.9 Å². The molecule has 0 saturated carbocycles. The molecular formula is C25H31N5O2. The number of rotatable bonds is 7. The lowest BCUT2D eigenvalue weighted by atomic mass is 10.0. The minimum absolute atomic E-state index is 0.0891. The van der Waals surface area contributed by atoms with Crippen molar-refractivity contribution in [2.45, 2.75) is 39.7 Å². The minimum atomic E-state index is -0.203. The largest absolute Gasteiger partial charge is 0.497 e. The Morgan fingerprint density at radius 2 is 1.88 bits per heavy atom. The van der Waals surface area contributed by atoms with Crippen LogP contribution in [0.1, 0.15) is 51.8 Å². The van der Waals surface area contributed by atoms with E-state index in [4.69, 9.17) is 4.74 Å². The van der Waals surface area contributed by atoms with Crippen molar-refractivity contribution in [2.24, 2.45) is 0 Å². The average Bonchev–Trinajstić information content (AvgIpc) is 3.44. The van der Waals surface area contributed by atoms with Gasteiger partial charge in [0.1, 0.15) is 5.75 Å². The summed E-state index contributed by atoms with van der Waals surface area (Å²) in [6, 6.07) is 14.3. The summed E-state index contributed by atoms with van der Waals surface area (Å²) >= 11 is 0. The second kappa shape index (κ2) is 9.53. The van der Waals surface area contributed by atoms with Gasteiger partial charge in [-0.15, -0.1) is 5.10 Å². The first-order chi connectivity index (χ1) is 15.5. The quantitative estimate of drug-likeness (QED) is 0.614. The molecule has 1 aliphatic heterocycles. The van der Waals surface area contributed by atoms with Crippen molar-refractivity contribution < 1.29 is 9.53 Å². The van der Waals surface area contributed by atoms with E-state index in [-0.39, 0.29) is 11.9 Å². The van der Waals surface area contributed by atoms with E-state index in [1.807, 2.05) is 38.1 Å². The summed E-state index contributed by atoms with van der Waals surface area (Å²) in [5.41, 5.74) is 5.24. The van der Waals surface area contributed by atoms with Gasteiger partial charge >= 0.3 is 0 Å². The molecule has 7 heteroatoms. The molecule has 168 valence electrons. The van der Waals surface area contributed by atoms with Crippen molar-refractivity contribution in [1.29, 1.82) is 0 Å². The van der Waals surface area contributed by atoms with Crippen LogP contribution < -0.4 is 10.1 Å². The summed E-state index contributed by atoms with van der Waals surface area (Å²) in [6.45, 7) is 8.45. The number of carbonyl (C=O) groups excluding carboxylic acids is 1. The molecule has 32 heavy (non-hydrogen) atoms. The summed E-state index contributed by atoms with van der Waals surface area (Å²) in [7, 11) is 1.67. The summed E-state index contributed by atoms with van der Waals surface area (Å²) in [4.78, 5) is 17.0. The molecule has 0 radical (unpaired) electrons. The molecule has 7 nitrogen and oxygen atoms in total. The fourth-order valence-corrected chi connectivity index (χ4v) is 4.36.